The summed E-state index contributed by atoms with van der Waals surface area (Å²) in [5.41, 5.74) is 2.70. The maximum atomic E-state index is 11.8. The van der Waals surface area contributed by atoms with Crippen LogP contribution in [0.1, 0.15) is 17.0 Å². The third kappa shape index (κ3) is 4.76. The molecule has 0 fully saturated rings. The van der Waals surface area contributed by atoms with Crippen LogP contribution in [0.5, 0.6) is 5.75 Å². The third-order valence-electron chi connectivity index (χ3n) is 2.91. The molecule has 0 aliphatic heterocycles. The predicted molar refractivity (Wildman–Crippen MR) is 82.8 cm³/mol. The molecule has 2 rings (SSSR count). The van der Waals surface area contributed by atoms with Crippen LogP contribution < -0.4 is 10.1 Å². The lowest BCUT2D eigenvalue weighted by Gasteiger charge is -2.03. The van der Waals surface area contributed by atoms with Gasteiger partial charge < -0.3 is 10.1 Å². The largest absolute Gasteiger partial charge is 0.497 e. The van der Waals surface area contributed by atoms with Crippen molar-refractivity contribution in [1.82, 2.24) is 10.3 Å². The highest BCUT2D eigenvalue weighted by Crippen LogP contribution is 2.13. The monoisotopic (exact) mass is 282 g/mol. The van der Waals surface area contributed by atoms with E-state index in [1.54, 1.807) is 13.2 Å². The first kappa shape index (κ1) is 14.8. The van der Waals surface area contributed by atoms with Gasteiger partial charge in [-0.25, -0.2) is 0 Å². The Morgan fingerprint density at radius 1 is 1.29 bits per heavy atom. The van der Waals surface area contributed by atoms with Crippen LogP contribution in [0, 0.1) is 6.92 Å². The summed E-state index contributed by atoms with van der Waals surface area (Å²) in [6.07, 6.45) is 3.26. The van der Waals surface area contributed by atoms with E-state index < -0.39 is 0 Å². The van der Waals surface area contributed by atoms with Crippen molar-refractivity contribution in [1.29, 1.82) is 0 Å². The average molecular weight is 282 g/mol. The average Bonchev–Trinajstić information content (AvgIpc) is 2.51. The van der Waals surface area contributed by atoms with Crippen LogP contribution in [0.15, 0.2) is 48.5 Å². The van der Waals surface area contributed by atoms with Gasteiger partial charge in [-0.05, 0) is 42.8 Å². The zero-order chi connectivity index (χ0) is 15.1. The minimum Gasteiger partial charge on any atom is -0.497 e. The second-order valence-corrected chi connectivity index (χ2v) is 4.60. The van der Waals surface area contributed by atoms with Crippen molar-refractivity contribution in [2.45, 2.75) is 13.5 Å². The van der Waals surface area contributed by atoms with E-state index in [0.29, 0.717) is 6.54 Å². The van der Waals surface area contributed by atoms with Crippen molar-refractivity contribution < 1.29 is 9.53 Å². The van der Waals surface area contributed by atoms with Gasteiger partial charge in [-0.1, -0.05) is 18.2 Å². The van der Waals surface area contributed by atoms with E-state index in [9.17, 15) is 4.79 Å². The Kier molecular flexibility index (Phi) is 5.10. The van der Waals surface area contributed by atoms with Gasteiger partial charge in [0.15, 0.2) is 0 Å². The van der Waals surface area contributed by atoms with Crippen molar-refractivity contribution in [2.75, 3.05) is 7.11 Å². The van der Waals surface area contributed by atoms with Crippen molar-refractivity contribution in [3.8, 4) is 5.75 Å². The minimum absolute atomic E-state index is 0.152. The number of benzene rings is 1. The summed E-state index contributed by atoms with van der Waals surface area (Å²) in [6.45, 7) is 2.34. The van der Waals surface area contributed by atoms with Gasteiger partial charge in [-0.3, -0.25) is 9.78 Å². The molecule has 1 heterocycles. The highest BCUT2D eigenvalue weighted by atomic mass is 16.5. The van der Waals surface area contributed by atoms with E-state index in [0.717, 1.165) is 22.7 Å². The first-order chi connectivity index (χ1) is 10.2. The summed E-state index contributed by atoms with van der Waals surface area (Å²) in [6, 6.07) is 13.3. The molecule has 0 bridgehead atoms. The molecular formula is C17H18N2O2. The summed E-state index contributed by atoms with van der Waals surface area (Å²) < 4.78 is 5.14. The quantitative estimate of drug-likeness (QED) is 0.858. The molecular weight excluding hydrogens is 264 g/mol. The summed E-state index contributed by atoms with van der Waals surface area (Å²) in [7, 11) is 1.62. The highest BCUT2D eigenvalue weighted by molar-refractivity contribution is 5.91. The molecule has 1 amide bonds. The van der Waals surface area contributed by atoms with E-state index in [2.05, 4.69) is 10.3 Å². The van der Waals surface area contributed by atoms with Crippen LogP contribution >= 0.6 is 0 Å². The van der Waals surface area contributed by atoms with Crippen LogP contribution in [0.4, 0.5) is 0 Å². The van der Waals surface area contributed by atoms with Crippen molar-refractivity contribution in [2.24, 2.45) is 0 Å². The van der Waals surface area contributed by atoms with Crippen molar-refractivity contribution >= 4 is 12.0 Å². The Bertz CT molecular complexity index is 651. The van der Waals surface area contributed by atoms with Crippen molar-refractivity contribution in [3.05, 3.63) is 65.5 Å². The van der Waals surface area contributed by atoms with E-state index in [1.165, 1.54) is 6.08 Å². The number of carbonyl (C=O) groups is 1. The molecule has 1 aromatic carbocycles. The molecule has 4 heteroatoms. The number of nitrogens with one attached hydrogen (secondary N) is 1. The van der Waals surface area contributed by atoms with Crippen LogP contribution in [-0.4, -0.2) is 18.0 Å². The Morgan fingerprint density at radius 3 is 2.86 bits per heavy atom. The summed E-state index contributed by atoms with van der Waals surface area (Å²) in [5.74, 6) is 0.614. The number of amides is 1. The van der Waals surface area contributed by atoms with Gasteiger partial charge in [-0.2, -0.15) is 0 Å². The third-order valence-corrected chi connectivity index (χ3v) is 2.91. The number of aromatic nitrogens is 1. The number of hydrogen-bond acceptors (Lipinski definition) is 3. The zero-order valence-corrected chi connectivity index (χ0v) is 12.2. The van der Waals surface area contributed by atoms with Crippen LogP contribution in [0.25, 0.3) is 6.08 Å². The fraction of sp³-hybridized carbons (Fsp3) is 0.176. The predicted octanol–water partition coefficient (Wildman–Crippen LogP) is 2.73. The summed E-state index contributed by atoms with van der Waals surface area (Å²) in [4.78, 5) is 16.1. The smallest absolute Gasteiger partial charge is 0.244 e. The molecule has 4 nitrogen and oxygen atoms in total. The number of pyridine rings is 1. The fourth-order valence-electron chi connectivity index (χ4n) is 1.85. The van der Waals surface area contributed by atoms with E-state index in [1.807, 2.05) is 49.4 Å². The first-order valence-electron chi connectivity index (χ1n) is 6.70. The standard InChI is InChI=1S/C17H18N2O2/c1-13-5-3-7-15(19-13)12-18-17(20)10-9-14-6-4-8-16(11-14)21-2/h3-11H,12H2,1-2H3,(H,18,20)/b10-9+. The van der Waals surface area contributed by atoms with E-state index >= 15 is 0 Å². The molecule has 21 heavy (non-hydrogen) atoms. The molecule has 1 aromatic heterocycles. The first-order valence-corrected chi connectivity index (χ1v) is 6.70. The topological polar surface area (TPSA) is 51.2 Å². The molecule has 108 valence electrons. The lowest BCUT2D eigenvalue weighted by Crippen LogP contribution is -2.20. The molecule has 0 radical (unpaired) electrons. The van der Waals surface area contributed by atoms with Gasteiger partial charge in [0, 0.05) is 11.8 Å². The number of hydrogen-bond donors (Lipinski definition) is 1. The van der Waals surface area contributed by atoms with Crippen LogP contribution in [0.2, 0.25) is 0 Å². The van der Waals surface area contributed by atoms with Gasteiger partial charge >= 0.3 is 0 Å². The van der Waals surface area contributed by atoms with Gasteiger partial charge in [-0.15, -0.1) is 0 Å². The van der Waals surface area contributed by atoms with Crippen LogP contribution in [0.3, 0.4) is 0 Å². The van der Waals surface area contributed by atoms with Gasteiger partial charge in [0.1, 0.15) is 5.75 Å². The Hall–Kier alpha value is -2.62. The number of aryl methyl sites for hydroxylation is 1. The van der Waals surface area contributed by atoms with Crippen molar-refractivity contribution in [3.63, 3.8) is 0 Å². The lowest BCUT2D eigenvalue weighted by atomic mass is 10.2. The second-order valence-electron chi connectivity index (χ2n) is 4.60. The van der Waals surface area contributed by atoms with E-state index in [-0.39, 0.29) is 5.91 Å². The van der Waals surface area contributed by atoms with Gasteiger partial charge in [0.2, 0.25) is 5.91 Å². The molecule has 0 atom stereocenters. The number of rotatable bonds is 5. The minimum atomic E-state index is -0.152. The molecule has 1 N–H and O–H groups in total. The van der Waals surface area contributed by atoms with Crippen LogP contribution in [-0.2, 0) is 11.3 Å². The van der Waals surface area contributed by atoms with Gasteiger partial charge in [0.05, 0.1) is 19.3 Å². The highest BCUT2D eigenvalue weighted by Gasteiger charge is 1.99. The Morgan fingerprint density at radius 2 is 2.10 bits per heavy atom. The molecule has 2 aromatic rings. The SMILES string of the molecule is COc1cccc(/C=C/C(=O)NCc2cccc(C)n2)c1. The Balaban J connectivity index is 1.90. The second kappa shape index (κ2) is 7.24. The number of carbonyl (C=O) groups excluding carboxylic acids is 1. The molecule has 0 spiro atoms. The zero-order valence-electron chi connectivity index (χ0n) is 12.2. The van der Waals surface area contributed by atoms with E-state index in [4.69, 9.17) is 4.74 Å². The van der Waals surface area contributed by atoms with Gasteiger partial charge in [0.25, 0.3) is 0 Å². The Labute approximate surface area is 124 Å². The number of methoxy groups -OCH3 is 1. The summed E-state index contributed by atoms with van der Waals surface area (Å²) >= 11 is 0. The number of nitrogens with zero attached hydrogens (tertiary/aromatic N) is 1. The molecule has 0 unspecified atom stereocenters. The molecule has 0 saturated carbocycles. The maximum absolute atomic E-state index is 11.8. The molecule has 0 aliphatic rings. The fourth-order valence-corrected chi connectivity index (χ4v) is 1.85. The molecule has 0 saturated heterocycles. The maximum Gasteiger partial charge on any atom is 0.244 e. The number of ether oxygens (including phenoxy) is 1. The lowest BCUT2D eigenvalue weighted by molar-refractivity contribution is -0.116. The summed E-state index contributed by atoms with van der Waals surface area (Å²) in [5, 5.41) is 2.81. The molecule has 0 aliphatic carbocycles. The normalized spacial score (nSPS) is 10.6.